The van der Waals surface area contributed by atoms with Crippen LogP contribution in [0.2, 0.25) is 19.6 Å². The molecule has 134 valence electrons. The normalized spacial score (nSPS) is 11.6. The Morgan fingerprint density at radius 1 is 0.704 bits per heavy atom. The number of aryl methyl sites for hydroxylation is 2. The molecule has 2 heteroatoms. The average molecular weight is 368 g/mol. The fourth-order valence-electron chi connectivity index (χ4n) is 3.48. The summed E-state index contributed by atoms with van der Waals surface area (Å²) < 4.78 is 2.36. The van der Waals surface area contributed by atoms with Gasteiger partial charge in [0.2, 0.25) is 0 Å². The number of rotatable bonds is 1. The lowest BCUT2D eigenvalue weighted by molar-refractivity contribution is 1.18. The molecule has 0 saturated heterocycles. The molecule has 1 nitrogen and oxygen atoms in total. The maximum absolute atomic E-state index is 3.45. The molecular formula is C25H25NSi. The second kappa shape index (κ2) is 6.44. The Hall–Kier alpha value is -2.76. The van der Waals surface area contributed by atoms with Crippen LogP contribution < -0.4 is 0 Å². The van der Waals surface area contributed by atoms with Crippen molar-refractivity contribution >= 4 is 29.9 Å². The topological polar surface area (TPSA) is 4.93 Å². The second-order valence-electron chi connectivity index (χ2n) is 8.42. The molecule has 0 unspecified atom stereocenters. The van der Waals surface area contributed by atoms with Gasteiger partial charge in [0, 0.05) is 22.0 Å². The Bertz CT molecular complexity index is 1150. The first-order valence-corrected chi connectivity index (χ1v) is 13.0. The molecule has 0 amide bonds. The van der Waals surface area contributed by atoms with Crippen LogP contribution in [-0.4, -0.2) is 12.6 Å². The van der Waals surface area contributed by atoms with Gasteiger partial charge in [0.15, 0.2) is 0 Å². The van der Waals surface area contributed by atoms with Gasteiger partial charge >= 0.3 is 0 Å². The van der Waals surface area contributed by atoms with E-state index in [1.807, 2.05) is 0 Å². The molecule has 0 atom stereocenters. The smallest absolute Gasteiger partial charge is 0.129 e. The third-order valence-corrected chi connectivity index (χ3v) is 5.66. The maximum atomic E-state index is 3.45. The summed E-state index contributed by atoms with van der Waals surface area (Å²) in [5.74, 6) is 3.35. The number of fused-ring (bicyclic) bond motifs is 3. The predicted octanol–water partition coefficient (Wildman–Crippen LogP) is 6.63. The van der Waals surface area contributed by atoms with Gasteiger partial charge in [0.05, 0.1) is 11.0 Å². The van der Waals surface area contributed by atoms with Crippen molar-refractivity contribution in [2.24, 2.45) is 0 Å². The SMILES string of the molecule is Cc1ccc2c(c1)c1cc(C)ccc1n2-c1ccc(C#C[Si](C)(C)C)cc1. The van der Waals surface area contributed by atoms with Crippen LogP contribution in [0, 0.1) is 25.3 Å². The van der Waals surface area contributed by atoms with Crippen molar-refractivity contribution in [3.63, 3.8) is 0 Å². The lowest BCUT2D eigenvalue weighted by Crippen LogP contribution is -2.16. The molecular weight excluding hydrogens is 342 g/mol. The predicted molar refractivity (Wildman–Crippen MR) is 120 cm³/mol. The van der Waals surface area contributed by atoms with Crippen LogP contribution in [0.25, 0.3) is 27.5 Å². The lowest BCUT2D eigenvalue weighted by Gasteiger charge is -2.08. The van der Waals surface area contributed by atoms with Gasteiger partial charge in [-0.2, -0.15) is 0 Å². The highest BCUT2D eigenvalue weighted by atomic mass is 28.3. The van der Waals surface area contributed by atoms with Crippen molar-refractivity contribution in [3.05, 3.63) is 77.4 Å². The monoisotopic (exact) mass is 367 g/mol. The number of hydrogen-bond acceptors (Lipinski definition) is 0. The largest absolute Gasteiger partial charge is 0.309 e. The van der Waals surface area contributed by atoms with E-state index in [1.54, 1.807) is 0 Å². The third kappa shape index (κ3) is 3.43. The first kappa shape index (κ1) is 17.6. The summed E-state index contributed by atoms with van der Waals surface area (Å²) in [4.78, 5) is 0. The molecule has 1 heterocycles. The summed E-state index contributed by atoms with van der Waals surface area (Å²) in [6, 6.07) is 22.1. The van der Waals surface area contributed by atoms with E-state index in [0.717, 1.165) is 5.56 Å². The van der Waals surface area contributed by atoms with Crippen LogP contribution in [0.3, 0.4) is 0 Å². The first-order chi connectivity index (χ1) is 12.8. The molecule has 3 aromatic carbocycles. The van der Waals surface area contributed by atoms with Gasteiger partial charge in [-0.05, 0) is 62.4 Å². The Morgan fingerprint density at radius 3 is 1.70 bits per heavy atom. The van der Waals surface area contributed by atoms with Crippen LogP contribution in [0.4, 0.5) is 0 Å². The number of benzene rings is 3. The Morgan fingerprint density at radius 2 is 1.22 bits per heavy atom. The molecule has 0 N–H and O–H groups in total. The molecule has 4 rings (SSSR count). The Balaban J connectivity index is 1.91. The van der Waals surface area contributed by atoms with Gasteiger partial charge in [-0.3, -0.25) is 0 Å². The van der Waals surface area contributed by atoms with Gasteiger partial charge in [0.25, 0.3) is 0 Å². The Labute approximate surface area is 162 Å². The highest BCUT2D eigenvalue weighted by Gasteiger charge is 2.12. The Kier molecular flexibility index (Phi) is 4.21. The highest BCUT2D eigenvalue weighted by Crippen LogP contribution is 2.33. The molecule has 0 saturated carbocycles. The summed E-state index contributed by atoms with van der Waals surface area (Å²) in [7, 11) is -1.36. The summed E-state index contributed by atoms with van der Waals surface area (Å²) in [5.41, 5.74) is 10.8. The quantitative estimate of drug-likeness (QED) is 0.263. The summed E-state index contributed by atoms with van der Waals surface area (Å²) in [5, 5.41) is 2.63. The van der Waals surface area contributed by atoms with E-state index in [2.05, 4.69) is 110 Å². The van der Waals surface area contributed by atoms with Crippen molar-refractivity contribution < 1.29 is 0 Å². The molecule has 0 aliphatic heterocycles. The summed E-state index contributed by atoms with van der Waals surface area (Å²) >= 11 is 0. The van der Waals surface area contributed by atoms with Crippen molar-refractivity contribution in [1.82, 2.24) is 4.57 Å². The van der Waals surface area contributed by atoms with Gasteiger partial charge in [0.1, 0.15) is 8.07 Å². The van der Waals surface area contributed by atoms with E-state index in [1.165, 1.54) is 38.6 Å². The van der Waals surface area contributed by atoms with E-state index in [9.17, 15) is 0 Å². The van der Waals surface area contributed by atoms with Crippen molar-refractivity contribution in [3.8, 4) is 17.2 Å². The summed E-state index contributed by atoms with van der Waals surface area (Å²) in [6.45, 7) is 11.1. The minimum absolute atomic E-state index is 1.09. The molecule has 0 radical (unpaired) electrons. The minimum Gasteiger partial charge on any atom is -0.309 e. The second-order valence-corrected chi connectivity index (χ2v) is 13.2. The third-order valence-electron chi connectivity index (χ3n) is 4.78. The van der Waals surface area contributed by atoms with E-state index in [0.29, 0.717) is 0 Å². The van der Waals surface area contributed by atoms with Gasteiger partial charge < -0.3 is 4.57 Å². The van der Waals surface area contributed by atoms with E-state index < -0.39 is 8.07 Å². The summed E-state index contributed by atoms with van der Waals surface area (Å²) in [6.07, 6.45) is 0. The number of aromatic nitrogens is 1. The molecule has 0 aliphatic carbocycles. The van der Waals surface area contributed by atoms with Crippen molar-refractivity contribution in [2.75, 3.05) is 0 Å². The number of nitrogens with zero attached hydrogens (tertiary/aromatic N) is 1. The minimum atomic E-state index is -1.36. The van der Waals surface area contributed by atoms with Crippen molar-refractivity contribution in [2.45, 2.75) is 33.5 Å². The van der Waals surface area contributed by atoms with Crippen LogP contribution in [0.5, 0.6) is 0 Å². The standard InChI is InChI=1S/C25H25NSi/c1-18-6-12-24-22(16-18)23-17-19(2)7-13-25(23)26(24)21-10-8-20(9-11-21)14-15-27(3,4)5/h6-13,16-17H,1-5H3. The fraction of sp³-hybridized carbons (Fsp3) is 0.200. The molecule has 0 fully saturated rings. The van der Waals surface area contributed by atoms with E-state index in [4.69, 9.17) is 0 Å². The molecule has 27 heavy (non-hydrogen) atoms. The zero-order chi connectivity index (χ0) is 19.2. The molecule has 0 spiro atoms. The molecule has 1 aromatic heterocycles. The number of hydrogen-bond donors (Lipinski definition) is 0. The molecule has 4 aromatic rings. The zero-order valence-corrected chi connectivity index (χ0v) is 17.7. The van der Waals surface area contributed by atoms with E-state index in [-0.39, 0.29) is 0 Å². The van der Waals surface area contributed by atoms with Gasteiger partial charge in [-0.1, -0.05) is 48.8 Å². The fourth-order valence-corrected chi connectivity index (χ4v) is 4.00. The van der Waals surface area contributed by atoms with Crippen LogP contribution >= 0.6 is 0 Å². The average Bonchev–Trinajstić information content (AvgIpc) is 2.93. The van der Waals surface area contributed by atoms with Crippen LogP contribution in [0.15, 0.2) is 60.7 Å². The maximum Gasteiger partial charge on any atom is 0.129 e. The van der Waals surface area contributed by atoms with Crippen LogP contribution in [-0.2, 0) is 0 Å². The van der Waals surface area contributed by atoms with Gasteiger partial charge in [-0.15, -0.1) is 5.54 Å². The van der Waals surface area contributed by atoms with E-state index >= 15 is 0 Å². The van der Waals surface area contributed by atoms with Gasteiger partial charge in [-0.25, -0.2) is 0 Å². The molecule has 0 aliphatic rings. The van der Waals surface area contributed by atoms with Crippen LogP contribution in [0.1, 0.15) is 16.7 Å². The molecule has 0 bridgehead atoms. The van der Waals surface area contributed by atoms with Crippen molar-refractivity contribution in [1.29, 1.82) is 0 Å². The highest BCUT2D eigenvalue weighted by molar-refractivity contribution is 6.83. The lowest BCUT2D eigenvalue weighted by atomic mass is 10.1. The zero-order valence-electron chi connectivity index (χ0n) is 16.7. The first-order valence-electron chi connectivity index (χ1n) is 9.47.